The van der Waals surface area contributed by atoms with E-state index in [1.165, 1.54) is 56.4 Å². The minimum absolute atomic E-state index is 0.439. The van der Waals surface area contributed by atoms with E-state index < -0.39 is 0 Å². The van der Waals surface area contributed by atoms with Crippen LogP contribution < -0.4 is 0 Å². The van der Waals surface area contributed by atoms with E-state index in [-0.39, 0.29) is 0 Å². The predicted molar refractivity (Wildman–Crippen MR) is 92.4 cm³/mol. The van der Waals surface area contributed by atoms with Crippen LogP contribution in [0, 0.1) is 0 Å². The van der Waals surface area contributed by atoms with Gasteiger partial charge in [-0.1, -0.05) is 12.8 Å². The standard InChI is InChI=1S/C18H29N2OS/c1-3-20-14-9-5-7-11-16(14)22-18(20)12-17-19(2)13-8-4-6-10-15(13)21-17/h12-16H,3-11H2,1-2H3/q+1. The monoisotopic (exact) mass is 321 g/mol. The van der Waals surface area contributed by atoms with Crippen LogP contribution in [0.15, 0.2) is 12.0 Å². The molecule has 4 aliphatic rings. The van der Waals surface area contributed by atoms with Crippen LogP contribution in [0.4, 0.5) is 0 Å². The summed E-state index contributed by atoms with van der Waals surface area (Å²) in [5.74, 6) is 1.12. The number of likely N-dealkylation sites (N-methyl/N-ethyl adjacent to an activating group) is 1. The summed E-state index contributed by atoms with van der Waals surface area (Å²) in [5, 5.41) is 2.27. The molecule has 122 valence electrons. The van der Waals surface area contributed by atoms with Crippen LogP contribution in [0.25, 0.3) is 0 Å². The molecular weight excluding hydrogens is 292 g/mol. The van der Waals surface area contributed by atoms with Crippen LogP contribution in [0.3, 0.4) is 0 Å². The number of nitrogens with zero attached hydrogens (tertiary/aromatic N) is 2. The van der Waals surface area contributed by atoms with Gasteiger partial charge in [-0.15, -0.1) is 0 Å². The summed E-state index contributed by atoms with van der Waals surface area (Å²) in [6, 6.07) is 1.38. The van der Waals surface area contributed by atoms with Gasteiger partial charge in [0.2, 0.25) is 5.04 Å². The van der Waals surface area contributed by atoms with Gasteiger partial charge >= 0.3 is 0 Å². The van der Waals surface area contributed by atoms with Crippen molar-refractivity contribution in [3.8, 4) is 0 Å². The summed E-state index contributed by atoms with van der Waals surface area (Å²) in [7, 11) is 2.23. The number of ether oxygens (including phenoxy) is 1. The molecule has 0 aromatic heterocycles. The second-order valence-electron chi connectivity index (χ2n) is 7.23. The Morgan fingerprint density at radius 3 is 2.77 bits per heavy atom. The predicted octanol–water partition coefficient (Wildman–Crippen LogP) is 3.59. The summed E-state index contributed by atoms with van der Waals surface area (Å²) >= 11 is 2.11. The number of hydrogen-bond acceptors (Lipinski definition) is 3. The lowest BCUT2D eigenvalue weighted by Gasteiger charge is -2.26. The van der Waals surface area contributed by atoms with Crippen molar-refractivity contribution < 1.29 is 9.31 Å². The largest absolute Gasteiger partial charge is 0.473 e. The van der Waals surface area contributed by atoms with E-state index in [0.717, 1.165) is 23.7 Å². The Morgan fingerprint density at radius 2 is 1.95 bits per heavy atom. The lowest BCUT2D eigenvalue weighted by molar-refractivity contribution is -0.558. The maximum Gasteiger partial charge on any atom is 0.240 e. The van der Waals surface area contributed by atoms with Crippen LogP contribution >= 0.6 is 11.8 Å². The van der Waals surface area contributed by atoms with Gasteiger partial charge in [-0.05, 0) is 50.8 Å². The molecule has 2 saturated carbocycles. The first-order valence-corrected chi connectivity index (χ1v) is 10.1. The Morgan fingerprint density at radius 1 is 1.18 bits per heavy atom. The maximum absolute atomic E-state index is 6.31. The minimum atomic E-state index is 0.439. The molecule has 0 aromatic rings. The summed E-state index contributed by atoms with van der Waals surface area (Å²) in [4.78, 5) is 2.41. The molecule has 0 aromatic carbocycles. The fourth-order valence-corrected chi connectivity index (χ4v) is 6.37. The molecule has 0 amide bonds. The molecule has 0 bridgehead atoms. The molecule has 2 aliphatic heterocycles. The number of thioether (sulfide) groups is 1. The topological polar surface area (TPSA) is 15.5 Å². The molecule has 3 nitrogen and oxygen atoms in total. The molecule has 1 saturated heterocycles. The van der Waals surface area contributed by atoms with Gasteiger partial charge in [-0.3, -0.25) is 0 Å². The molecule has 0 N–H and O–H groups in total. The first kappa shape index (κ1) is 14.9. The molecule has 2 heterocycles. The zero-order chi connectivity index (χ0) is 15.1. The van der Waals surface area contributed by atoms with Crippen molar-refractivity contribution in [2.45, 2.75) is 81.7 Å². The molecule has 4 atom stereocenters. The van der Waals surface area contributed by atoms with Crippen molar-refractivity contribution in [1.29, 1.82) is 0 Å². The average Bonchev–Trinajstić information content (AvgIpc) is 3.06. The number of rotatable bonds is 2. The van der Waals surface area contributed by atoms with Gasteiger partial charge in [-0.2, -0.15) is 0 Å². The van der Waals surface area contributed by atoms with Crippen molar-refractivity contribution in [2.75, 3.05) is 13.6 Å². The van der Waals surface area contributed by atoms with Crippen molar-refractivity contribution in [1.82, 2.24) is 4.90 Å². The third-order valence-corrected chi connectivity index (χ3v) is 7.44. The quantitative estimate of drug-likeness (QED) is 0.723. The Kier molecular flexibility index (Phi) is 4.14. The SMILES string of the molecule is CC[N+]1=C(C=C2OC3CCCCC3N2C)SC2CCCCC21. The molecule has 4 unspecified atom stereocenters. The molecule has 3 fully saturated rings. The summed E-state index contributed by atoms with van der Waals surface area (Å²) in [6.45, 7) is 3.43. The first-order valence-electron chi connectivity index (χ1n) is 9.19. The first-order chi connectivity index (χ1) is 10.8. The Labute approximate surface area is 138 Å². The third kappa shape index (κ3) is 2.47. The lowest BCUT2D eigenvalue weighted by atomic mass is 9.93. The van der Waals surface area contributed by atoms with Crippen molar-refractivity contribution in [2.24, 2.45) is 0 Å². The molecule has 22 heavy (non-hydrogen) atoms. The number of fused-ring (bicyclic) bond motifs is 2. The second-order valence-corrected chi connectivity index (χ2v) is 8.49. The number of hydrogen-bond donors (Lipinski definition) is 0. The van der Waals surface area contributed by atoms with Gasteiger partial charge in [0.25, 0.3) is 0 Å². The minimum Gasteiger partial charge on any atom is -0.473 e. The smallest absolute Gasteiger partial charge is 0.240 e. The second kappa shape index (κ2) is 6.10. The van der Waals surface area contributed by atoms with E-state index in [0.29, 0.717) is 12.1 Å². The van der Waals surface area contributed by atoms with E-state index in [1.807, 2.05) is 0 Å². The highest BCUT2D eigenvalue weighted by Gasteiger charge is 2.44. The molecule has 0 radical (unpaired) electrons. The van der Waals surface area contributed by atoms with Gasteiger partial charge in [0.05, 0.1) is 17.4 Å². The summed E-state index contributed by atoms with van der Waals surface area (Å²) in [5.41, 5.74) is 0. The maximum atomic E-state index is 6.31. The summed E-state index contributed by atoms with van der Waals surface area (Å²) < 4.78 is 8.95. The zero-order valence-electron chi connectivity index (χ0n) is 14.0. The Hall–Kier alpha value is -0.640. The highest BCUT2D eigenvalue weighted by molar-refractivity contribution is 8.14. The van der Waals surface area contributed by atoms with Crippen LogP contribution in [0.1, 0.15) is 58.3 Å². The Bertz CT molecular complexity index is 501. The van der Waals surface area contributed by atoms with Crippen LogP contribution in [0.5, 0.6) is 0 Å². The molecular formula is C18H29N2OS+. The van der Waals surface area contributed by atoms with Gasteiger partial charge in [0, 0.05) is 13.5 Å². The van der Waals surface area contributed by atoms with Gasteiger partial charge in [0.1, 0.15) is 12.6 Å². The third-order valence-electron chi connectivity index (χ3n) is 6.00. The molecule has 0 spiro atoms. The van der Waals surface area contributed by atoms with Crippen molar-refractivity contribution >= 4 is 16.8 Å². The van der Waals surface area contributed by atoms with E-state index >= 15 is 0 Å². The average molecular weight is 322 g/mol. The van der Waals surface area contributed by atoms with E-state index in [2.05, 4.69) is 41.3 Å². The highest BCUT2D eigenvalue weighted by atomic mass is 32.2. The van der Waals surface area contributed by atoms with Gasteiger partial charge < -0.3 is 9.64 Å². The fourth-order valence-electron chi connectivity index (χ4n) is 4.77. The van der Waals surface area contributed by atoms with Crippen molar-refractivity contribution in [3.05, 3.63) is 12.0 Å². The molecule has 2 aliphatic carbocycles. The zero-order valence-corrected chi connectivity index (χ0v) is 14.8. The Balaban J connectivity index is 1.58. The van der Waals surface area contributed by atoms with Gasteiger partial charge in [-0.25, -0.2) is 4.58 Å². The van der Waals surface area contributed by atoms with Crippen LogP contribution in [-0.4, -0.2) is 51.5 Å². The normalized spacial score (nSPS) is 39.9. The summed E-state index contributed by atoms with van der Waals surface area (Å²) in [6.07, 6.45) is 13.6. The van der Waals surface area contributed by atoms with E-state index in [4.69, 9.17) is 4.74 Å². The lowest BCUT2D eigenvalue weighted by Crippen LogP contribution is -2.34. The van der Waals surface area contributed by atoms with Crippen LogP contribution in [0.2, 0.25) is 0 Å². The van der Waals surface area contributed by atoms with Crippen molar-refractivity contribution in [3.63, 3.8) is 0 Å². The van der Waals surface area contributed by atoms with Crippen LogP contribution in [-0.2, 0) is 4.74 Å². The molecule has 4 heteroatoms. The van der Waals surface area contributed by atoms with E-state index in [9.17, 15) is 0 Å². The van der Waals surface area contributed by atoms with Gasteiger partial charge in [0.15, 0.2) is 11.9 Å². The highest BCUT2D eigenvalue weighted by Crippen LogP contribution is 2.39. The van der Waals surface area contributed by atoms with E-state index in [1.54, 1.807) is 0 Å². The molecule has 4 rings (SSSR count). The fraction of sp³-hybridized carbons (Fsp3) is 0.833.